The predicted octanol–water partition coefficient (Wildman–Crippen LogP) is 2.90. The molecule has 1 aliphatic rings. The van der Waals surface area contributed by atoms with Crippen LogP contribution >= 0.6 is 12.4 Å². The maximum atomic E-state index is 12.2. The molecule has 0 aromatic carbocycles. The Bertz CT molecular complexity index is 179. The normalized spacial score (nSPS) is 28.4. The molecule has 0 bridgehead atoms. The molecule has 0 saturated carbocycles. The summed E-state index contributed by atoms with van der Waals surface area (Å²) in [5, 5.41) is 1.87. The molecule has 0 unspecified atom stereocenters. The van der Waals surface area contributed by atoms with Gasteiger partial charge in [-0.1, -0.05) is 0 Å². The maximum Gasteiger partial charge on any atom is 0.404 e. The number of hydrogen-bond acceptors (Lipinski definition) is 1. The highest BCUT2D eigenvalue weighted by Gasteiger charge is 2.55. The van der Waals surface area contributed by atoms with E-state index in [9.17, 15) is 26.3 Å². The second kappa shape index (κ2) is 4.78. The summed E-state index contributed by atoms with van der Waals surface area (Å²) in [6, 6.07) is -2.45. The van der Waals surface area contributed by atoms with Crippen LogP contribution in [0.2, 0.25) is 0 Å². The van der Waals surface area contributed by atoms with E-state index in [4.69, 9.17) is 0 Å². The van der Waals surface area contributed by atoms with Gasteiger partial charge < -0.3 is 5.32 Å². The van der Waals surface area contributed by atoms with Crippen LogP contribution in [0.3, 0.4) is 0 Å². The monoisotopic (exact) mass is 257 g/mol. The van der Waals surface area contributed by atoms with Gasteiger partial charge in [-0.2, -0.15) is 26.3 Å². The van der Waals surface area contributed by atoms with Crippen LogP contribution in [0, 0.1) is 5.92 Å². The molecule has 15 heavy (non-hydrogen) atoms. The Morgan fingerprint density at radius 1 is 0.933 bits per heavy atom. The highest BCUT2D eigenvalue weighted by molar-refractivity contribution is 5.85. The molecule has 0 aliphatic carbocycles. The molecule has 0 aromatic rings. The molecule has 0 radical (unpaired) electrons. The fourth-order valence-electron chi connectivity index (χ4n) is 1.58. The molecule has 92 valence electrons. The molecule has 8 heteroatoms. The van der Waals surface area contributed by atoms with Crippen LogP contribution in [-0.2, 0) is 0 Å². The molecular weight excluding hydrogens is 248 g/mol. The van der Waals surface area contributed by atoms with Crippen molar-refractivity contribution in [1.82, 2.24) is 5.32 Å². The minimum atomic E-state index is -4.83. The standard InChI is InChI=1S/C7H9F6N.ClH/c8-6(9,10)4-2-1-3-14-5(4)7(11,12)13;/h4-5,14H,1-3H2;1H/t4-,5+;/m0./s1. The SMILES string of the molecule is Cl.FC(F)(F)[C@@H]1NCCC[C@@H]1C(F)(F)F. The fourth-order valence-corrected chi connectivity index (χ4v) is 1.58. The summed E-state index contributed by atoms with van der Waals surface area (Å²) in [5.41, 5.74) is 0. The molecule has 1 nitrogen and oxygen atoms in total. The highest BCUT2D eigenvalue weighted by Crippen LogP contribution is 2.40. The van der Waals surface area contributed by atoms with E-state index in [2.05, 4.69) is 0 Å². The lowest BCUT2D eigenvalue weighted by molar-refractivity contribution is -0.242. The molecule has 1 fully saturated rings. The summed E-state index contributed by atoms with van der Waals surface area (Å²) >= 11 is 0. The molecule has 0 amide bonds. The number of hydrogen-bond donors (Lipinski definition) is 1. The smallest absolute Gasteiger partial charge is 0.306 e. The van der Waals surface area contributed by atoms with Gasteiger partial charge in [0.1, 0.15) is 6.04 Å². The average Bonchev–Trinajstić information content (AvgIpc) is 2.01. The molecule has 0 spiro atoms. The van der Waals surface area contributed by atoms with Crippen LogP contribution < -0.4 is 5.32 Å². The van der Waals surface area contributed by atoms with Crippen LogP contribution in [0.25, 0.3) is 0 Å². The van der Waals surface area contributed by atoms with Gasteiger partial charge in [0.2, 0.25) is 0 Å². The van der Waals surface area contributed by atoms with Crippen molar-refractivity contribution in [2.45, 2.75) is 31.2 Å². The molecule has 1 rings (SSSR count). The van der Waals surface area contributed by atoms with Gasteiger partial charge in [0.15, 0.2) is 0 Å². The first kappa shape index (κ1) is 14.8. The fraction of sp³-hybridized carbons (Fsp3) is 1.00. The topological polar surface area (TPSA) is 12.0 Å². The van der Waals surface area contributed by atoms with E-state index in [-0.39, 0.29) is 25.4 Å². The third kappa shape index (κ3) is 3.71. The quantitative estimate of drug-likeness (QED) is 0.658. The first-order chi connectivity index (χ1) is 6.23. The minimum Gasteiger partial charge on any atom is -0.306 e. The van der Waals surface area contributed by atoms with Gasteiger partial charge in [-0.15, -0.1) is 12.4 Å². The average molecular weight is 258 g/mol. The van der Waals surface area contributed by atoms with E-state index < -0.39 is 30.7 Å². The summed E-state index contributed by atoms with van der Waals surface area (Å²) in [4.78, 5) is 0. The Labute approximate surface area is 88.6 Å². The predicted molar refractivity (Wildman–Crippen MR) is 43.9 cm³/mol. The Kier molecular flexibility index (Phi) is 4.72. The van der Waals surface area contributed by atoms with E-state index in [1.54, 1.807) is 0 Å². The van der Waals surface area contributed by atoms with Crippen LogP contribution in [0.1, 0.15) is 12.8 Å². The number of rotatable bonds is 0. The Hall–Kier alpha value is -0.170. The third-order valence-corrected chi connectivity index (χ3v) is 2.23. The van der Waals surface area contributed by atoms with Crippen molar-refractivity contribution in [2.75, 3.05) is 6.54 Å². The molecule has 1 N–H and O–H groups in total. The van der Waals surface area contributed by atoms with E-state index in [0.29, 0.717) is 0 Å². The first-order valence-electron chi connectivity index (χ1n) is 4.10. The van der Waals surface area contributed by atoms with Gasteiger partial charge in [-0.3, -0.25) is 0 Å². The summed E-state index contributed by atoms with van der Waals surface area (Å²) in [6.07, 6.45) is -9.95. The second-order valence-corrected chi connectivity index (χ2v) is 3.26. The third-order valence-electron chi connectivity index (χ3n) is 2.23. The largest absolute Gasteiger partial charge is 0.404 e. The van der Waals surface area contributed by atoms with Crippen molar-refractivity contribution in [3.05, 3.63) is 0 Å². The summed E-state index contributed by atoms with van der Waals surface area (Å²) in [5.74, 6) is -2.31. The molecule has 2 atom stereocenters. The first-order valence-corrected chi connectivity index (χ1v) is 4.10. The van der Waals surface area contributed by atoms with Crippen molar-refractivity contribution in [2.24, 2.45) is 5.92 Å². The van der Waals surface area contributed by atoms with E-state index in [1.807, 2.05) is 5.32 Å². The zero-order chi connectivity index (χ0) is 11.0. The van der Waals surface area contributed by atoms with Gasteiger partial charge in [0, 0.05) is 0 Å². The van der Waals surface area contributed by atoms with Crippen molar-refractivity contribution >= 4 is 12.4 Å². The maximum absolute atomic E-state index is 12.2. The van der Waals surface area contributed by atoms with Gasteiger partial charge in [0.25, 0.3) is 0 Å². The second-order valence-electron chi connectivity index (χ2n) is 3.26. The van der Waals surface area contributed by atoms with Crippen molar-refractivity contribution in [1.29, 1.82) is 0 Å². The number of piperidine rings is 1. The van der Waals surface area contributed by atoms with Crippen molar-refractivity contribution in [3.63, 3.8) is 0 Å². The Morgan fingerprint density at radius 3 is 1.80 bits per heavy atom. The van der Waals surface area contributed by atoms with Gasteiger partial charge >= 0.3 is 12.4 Å². The number of alkyl halides is 6. The zero-order valence-corrected chi connectivity index (χ0v) is 8.27. The van der Waals surface area contributed by atoms with Crippen molar-refractivity contribution < 1.29 is 26.3 Å². The Morgan fingerprint density at radius 2 is 1.47 bits per heavy atom. The number of halogens is 7. The molecular formula is C7H10ClF6N. The zero-order valence-electron chi connectivity index (χ0n) is 7.45. The lowest BCUT2D eigenvalue weighted by Gasteiger charge is -2.34. The molecule has 1 heterocycles. The van der Waals surface area contributed by atoms with Crippen LogP contribution in [0.5, 0.6) is 0 Å². The van der Waals surface area contributed by atoms with E-state index >= 15 is 0 Å². The summed E-state index contributed by atoms with van der Waals surface area (Å²) in [7, 11) is 0. The molecule has 1 saturated heterocycles. The summed E-state index contributed by atoms with van der Waals surface area (Å²) < 4.78 is 73.0. The number of nitrogens with one attached hydrogen (secondary N) is 1. The lowest BCUT2D eigenvalue weighted by atomic mass is 9.90. The minimum absolute atomic E-state index is 0. The van der Waals surface area contributed by atoms with Crippen LogP contribution in [0.4, 0.5) is 26.3 Å². The van der Waals surface area contributed by atoms with Gasteiger partial charge in [-0.25, -0.2) is 0 Å². The van der Waals surface area contributed by atoms with E-state index in [0.717, 1.165) is 0 Å². The van der Waals surface area contributed by atoms with Gasteiger partial charge in [-0.05, 0) is 19.4 Å². The lowest BCUT2D eigenvalue weighted by Crippen LogP contribution is -2.55. The van der Waals surface area contributed by atoms with Gasteiger partial charge in [0.05, 0.1) is 5.92 Å². The van der Waals surface area contributed by atoms with Crippen LogP contribution in [0.15, 0.2) is 0 Å². The molecule has 1 aliphatic heterocycles. The molecule has 0 aromatic heterocycles. The highest BCUT2D eigenvalue weighted by atomic mass is 35.5. The summed E-state index contributed by atoms with van der Waals surface area (Å²) in [6.45, 7) is -0.0171. The van der Waals surface area contributed by atoms with E-state index in [1.165, 1.54) is 0 Å². The Balaban J connectivity index is 0.00000196. The van der Waals surface area contributed by atoms with Crippen molar-refractivity contribution in [3.8, 4) is 0 Å². The van der Waals surface area contributed by atoms with Crippen LogP contribution in [-0.4, -0.2) is 24.9 Å².